The predicted molar refractivity (Wildman–Crippen MR) is 59.0 cm³/mol. The molecular formula is C10H19N3O3. The minimum absolute atomic E-state index is 0.206. The highest BCUT2D eigenvalue weighted by atomic mass is 16.5. The summed E-state index contributed by atoms with van der Waals surface area (Å²) < 4.78 is 4.80. The highest BCUT2D eigenvalue weighted by molar-refractivity contribution is 5.86. The van der Waals surface area contributed by atoms with E-state index < -0.39 is 6.04 Å². The van der Waals surface area contributed by atoms with Gasteiger partial charge >= 0.3 is 6.03 Å². The van der Waals surface area contributed by atoms with Crippen LogP contribution in [0.1, 0.15) is 19.8 Å². The number of methoxy groups -OCH3 is 1. The third kappa shape index (κ3) is 4.97. The van der Waals surface area contributed by atoms with Crippen LogP contribution in [0.25, 0.3) is 0 Å². The van der Waals surface area contributed by atoms with E-state index in [0.29, 0.717) is 19.2 Å². The van der Waals surface area contributed by atoms with Crippen LogP contribution < -0.4 is 16.0 Å². The lowest BCUT2D eigenvalue weighted by atomic mass is 10.3. The van der Waals surface area contributed by atoms with Gasteiger partial charge in [0.05, 0.1) is 6.61 Å². The fraction of sp³-hybridized carbons (Fsp3) is 0.800. The van der Waals surface area contributed by atoms with Crippen molar-refractivity contribution in [1.29, 1.82) is 0 Å². The second-order valence-electron chi connectivity index (χ2n) is 3.90. The van der Waals surface area contributed by atoms with Gasteiger partial charge < -0.3 is 20.7 Å². The minimum atomic E-state index is -0.532. The molecule has 0 spiro atoms. The maximum absolute atomic E-state index is 11.4. The van der Waals surface area contributed by atoms with Crippen LogP contribution in [-0.2, 0) is 9.53 Å². The Kier molecular flexibility index (Phi) is 5.04. The molecule has 0 aromatic heterocycles. The molecule has 1 aliphatic carbocycles. The van der Waals surface area contributed by atoms with E-state index in [1.165, 1.54) is 0 Å². The standard InChI is InChI=1S/C10H19N3O3/c1-7(9(14)11-5-6-16-2)12-10(15)13-8-3-4-8/h7-8H,3-6H2,1-2H3,(H,11,14)(H2,12,13,15). The average Bonchev–Trinajstić information content (AvgIpc) is 3.01. The summed E-state index contributed by atoms with van der Waals surface area (Å²) in [7, 11) is 1.57. The van der Waals surface area contributed by atoms with Crippen LogP contribution in [0.2, 0.25) is 0 Å². The van der Waals surface area contributed by atoms with Gasteiger partial charge in [-0.1, -0.05) is 0 Å². The Morgan fingerprint density at radius 3 is 2.69 bits per heavy atom. The van der Waals surface area contributed by atoms with Gasteiger partial charge in [0.2, 0.25) is 5.91 Å². The Morgan fingerprint density at radius 1 is 1.44 bits per heavy atom. The van der Waals surface area contributed by atoms with Gasteiger partial charge in [0.15, 0.2) is 0 Å². The first-order valence-electron chi connectivity index (χ1n) is 5.47. The Labute approximate surface area is 95.1 Å². The van der Waals surface area contributed by atoms with Crippen molar-refractivity contribution in [2.75, 3.05) is 20.3 Å². The summed E-state index contributed by atoms with van der Waals surface area (Å²) in [4.78, 5) is 22.8. The van der Waals surface area contributed by atoms with E-state index in [1.54, 1.807) is 14.0 Å². The fourth-order valence-corrected chi connectivity index (χ4v) is 1.15. The highest BCUT2D eigenvalue weighted by Gasteiger charge is 2.24. The molecule has 0 aliphatic heterocycles. The van der Waals surface area contributed by atoms with Crippen molar-refractivity contribution in [2.45, 2.75) is 31.8 Å². The molecule has 1 rings (SSSR count). The monoisotopic (exact) mass is 229 g/mol. The predicted octanol–water partition coefficient (Wildman–Crippen LogP) is -0.401. The van der Waals surface area contributed by atoms with Gasteiger partial charge in [0.1, 0.15) is 6.04 Å². The molecule has 1 fully saturated rings. The van der Waals surface area contributed by atoms with E-state index in [2.05, 4.69) is 16.0 Å². The van der Waals surface area contributed by atoms with Crippen molar-refractivity contribution in [2.24, 2.45) is 0 Å². The summed E-state index contributed by atoms with van der Waals surface area (Å²) in [5, 5.41) is 7.98. The first-order chi connectivity index (χ1) is 7.63. The van der Waals surface area contributed by atoms with Crippen molar-refractivity contribution in [3.05, 3.63) is 0 Å². The van der Waals surface area contributed by atoms with Crippen LogP contribution in [0.5, 0.6) is 0 Å². The Hall–Kier alpha value is -1.30. The normalized spacial score (nSPS) is 16.4. The zero-order valence-corrected chi connectivity index (χ0v) is 9.71. The molecule has 1 unspecified atom stereocenters. The van der Waals surface area contributed by atoms with Gasteiger partial charge in [0.25, 0.3) is 0 Å². The van der Waals surface area contributed by atoms with Crippen LogP contribution in [0.15, 0.2) is 0 Å². The number of ether oxygens (including phenoxy) is 1. The summed E-state index contributed by atoms with van der Waals surface area (Å²) in [5.41, 5.74) is 0. The molecule has 0 saturated heterocycles. The number of urea groups is 1. The maximum atomic E-state index is 11.4. The molecule has 3 N–H and O–H groups in total. The fourth-order valence-electron chi connectivity index (χ4n) is 1.15. The summed E-state index contributed by atoms with van der Waals surface area (Å²) in [6.45, 7) is 2.56. The lowest BCUT2D eigenvalue weighted by Gasteiger charge is -2.14. The third-order valence-corrected chi connectivity index (χ3v) is 2.26. The van der Waals surface area contributed by atoms with Crippen molar-refractivity contribution < 1.29 is 14.3 Å². The Morgan fingerprint density at radius 2 is 2.12 bits per heavy atom. The molecule has 1 saturated carbocycles. The smallest absolute Gasteiger partial charge is 0.315 e. The lowest BCUT2D eigenvalue weighted by Crippen LogP contribution is -2.49. The zero-order chi connectivity index (χ0) is 12.0. The quantitative estimate of drug-likeness (QED) is 0.542. The first kappa shape index (κ1) is 12.8. The summed E-state index contributed by atoms with van der Waals surface area (Å²) in [6.07, 6.45) is 2.06. The third-order valence-electron chi connectivity index (χ3n) is 2.26. The number of nitrogens with one attached hydrogen (secondary N) is 3. The average molecular weight is 229 g/mol. The van der Waals surface area contributed by atoms with Crippen molar-refractivity contribution in [1.82, 2.24) is 16.0 Å². The van der Waals surface area contributed by atoms with E-state index in [1.807, 2.05) is 0 Å². The maximum Gasteiger partial charge on any atom is 0.315 e. The molecule has 0 aromatic rings. The van der Waals surface area contributed by atoms with Gasteiger partial charge in [-0.2, -0.15) is 0 Å². The zero-order valence-electron chi connectivity index (χ0n) is 9.71. The number of hydrogen-bond acceptors (Lipinski definition) is 3. The minimum Gasteiger partial charge on any atom is -0.383 e. The van der Waals surface area contributed by atoms with Crippen LogP contribution in [0.4, 0.5) is 4.79 Å². The number of amides is 3. The van der Waals surface area contributed by atoms with Crippen LogP contribution in [0.3, 0.4) is 0 Å². The number of carbonyl (C=O) groups is 2. The van der Waals surface area contributed by atoms with Crippen LogP contribution in [0, 0.1) is 0 Å². The van der Waals surface area contributed by atoms with Gasteiger partial charge in [-0.25, -0.2) is 4.79 Å². The van der Waals surface area contributed by atoms with Crippen LogP contribution in [-0.4, -0.2) is 44.3 Å². The van der Waals surface area contributed by atoms with Crippen LogP contribution >= 0.6 is 0 Å². The molecule has 0 heterocycles. The van der Waals surface area contributed by atoms with E-state index in [4.69, 9.17) is 4.74 Å². The molecule has 1 atom stereocenters. The van der Waals surface area contributed by atoms with Gasteiger partial charge in [0, 0.05) is 19.7 Å². The highest BCUT2D eigenvalue weighted by Crippen LogP contribution is 2.18. The second-order valence-corrected chi connectivity index (χ2v) is 3.90. The number of hydrogen-bond donors (Lipinski definition) is 3. The molecule has 0 bridgehead atoms. The molecule has 0 aromatic carbocycles. The van der Waals surface area contributed by atoms with Crippen molar-refractivity contribution in [3.8, 4) is 0 Å². The van der Waals surface area contributed by atoms with Gasteiger partial charge in [-0.3, -0.25) is 4.79 Å². The summed E-state index contributed by atoms with van der Waals surface area (Å²) >= 11 is 0. The summed E-state index contributed by atoms with van der Waals surface area (Å²) in [5.74, 6) is -0.206. The van der Waals surface area contributed by atoms with E-state index in [0.717, 1.165) is 12.8 Å². The van der Waals surface area contributed by atoms with E-state index in [9.17, 15) is 9.59 Å². The second kappa shape index (κ2) is 6.32. The molecule has 16 heavy (non-hydrogen) atoms. The molecule has 6 nitrogen and oxygen atoms in total. The molecule has 0 radical (unpaired) electrons. The number of carbonyl (C=O) groups excluding carboxylic acids is 2. The van der Waals surface area contributed by atoms with Gasteiger partial charge in [-0.05, 0) is 19.8 Å². The first-order valence-corrected chi connectivity index (χ1v) is 5.47. The SMILES string of the molecule is COCCNC(=O)C(C)NC(=O)NC1CC1. The van der Waals surface area contributed by atoms with Gasteiger partial charge in [-0.15, -0.1) is 0 Å². The van der Waals surface area contributed by atoms with Crippen molar-refractivity contribution in [3.63, 3.8) is 0 Å². The molecule has 6 heteroatoms. The largest absolute Gasteiger partial charge is 0.383 e. The molecular weight excluding hydrogens is 210 g/mol. The summed E-state index contributed by atoms with van der Waals surface area (Å²) in [6, 6.07) is -0.517. The molecule has 1 aliphatic rings. The van der Waals surface area contributed by atoms with E-state index in [-0.39, 0.29) is 11.9 Å². The lowest BCUT2D eigenvalue weighted by molar-refractivity contribution is -0.122. The molecule has 3 amide bonds. The number of rotatable bonds is 6. The Balaban J connectivity index is 2.13. The van der Waals surface area contributed by atoms with E-state index >= 15 is 0 Å². The molecule has 92 valence electrons. The van der Waals surface area contributed by atoms with Crippen molar-refractivity contribution >= 4 is 11.9 Å². The topological polar surface area (TPSA) is 79.5 Å². The Bertz CT molecular complexity index is 254.